The molecule has 98 valence electrons. The standard InChI is InChI=1S/C14H19NO3/c1-18-12-6-3-2-5-11(12)14(8-9-14)15-13(17)7-4-10-16/h2-3,5-6,16H,4,7-10H2,1H3,(H,15,17). The number of hydrogen-bond acceptors (Lipinski definition) is 3. The number of carbonyl (C=O) groups is 1. The van der Waals surface area contributed by atoms with Gasteiger partial charge in [-0.2, -0.15) is 0 Å². The van der Waals surface area contributed by atoms with Crippen LogP contribution in [0.4, 0.5) is 0 Å². The van der Waals surface area contributed by atoms with E-state index in [4.69, 9.17) is 9.84 Å². The van der Waals surface area contributed by atoms with Gasteiger partial charge in [0, 0.05) is 18.6 Å². The summed E-state index contributed by atoms with van der Waals surface area (Å²) in [5.41, 5.74) is 0.795. The highest BCUT2D eigenvalue weighted by Crippen LogP contribution is 2.48. The van der Waals surface area contributed by atoms with Crippen molar-refractivity contribution in [3.05, 3.63) is 29.8 Å². The lowest BCUT2D eigenvalue weighted by molar-refractivity contribution is -0.122. The van der Waals surface area contributed by atoms with Crippen molar-refractivity contribution in [2.75, 3.05) is 13.7 Å². The van der Waals surface area contributed by atoms with Crippen LogP contribution in [0, 0.1) is 0 Å². The Balaban J connectivity index is 2.09. The number of aliphatic hydroxyl groups is 1. The van der Waals surface area contributed by atoms with E-state index in [0.29, 0.717) is 12.8 Å². The zero-order valence-corrected chi connectivity index (χ0v) is 10.6. The van der Waals surface area contributed by atoms with Gasteiger partial charge in [-0.15, -0.1) is 0 Å². The van der Waals surface area contributed by atoms with Gasteiger partial charge in [-0.05, 0) is 25.3 Å². The SMILES string of the molecule is COc1ccccc1C1(NC(=O)CCCO)CC1. The van der Waals surface area contributed by atoms with Crippen molar-refractivity contribution in [2.24, 2.45) is 0 Å². The molecule has 0 unspecified atom stereocenters. The van der Waals surface area contributed by atoms with E-state index in [9.17, 15) is 4.79 Å². The maximum absolute atomic E-state index is 11.8. The van der Waals surface area contributed by atoms with Gasteiger partial charge in [0.05, 0.1) is 12.6 Å². The van der Waals surface area contributed by atoms with Crippen molar-refractivity contribution in [2.45, 2.75) is 31.2 Å². The van der Waals surface area contributed by atoms with Gasteiger partial charge in [-0.3, -0.25) is 4.79 Å². The summed E-state index contributed by atoms with van der Waals surface area (Å²) in [5.74, 6) is 0.810. The van der Waals surface area contributed by atoms with Crippen LogP contribution in [-0.2, 0) is 10.3 Å². The predicted molar refractivity (Wildman–Crippen MR) is 68.4 cm³/mol. The molecular formula is C14H19NO3. The molecule has 0 saturated heterocycles. The molecule has 2 rings (SSSR count). The fourth-order valence-electron chi connectivity index (χ4n) is 2.20. The van der Waals surface area contributed by atoms with Crippen LogP contribution in [0.1, 0.15) is 31.2 Å². The molecule has 4 nitrogen and oxygen atoms in total. The lowest BCUT2D eigenvalue weighted by Gasteiger charge is -2.20. The van der Waals surface area contributed by atoms with Crippen LogP contribution in [0.2, 0.25) is 0 Å². The van der Waals surface area contributed by atoms with Crippen LogP contribution >= 0.6 is 0 Å². The Bertz CT molecular complexity index is 427. The van der Waals surface area contributed by atoms with Gasteiger partial charge in [0.2, 0.25) is 5.91 Å². The monoisotopic (exact) mass is 249 g/mol. The third kappa shape index (κ3) is 2.64. The first-order chi connectivity index (χ1) is 8.72. The molecule has 1 fully saturated rings. The minimum absolute atomic E-state index is 0.00699. The maximum atomic E-state index is 11.8. The molecule has 18 heavy (non-hydrogen) atoms. The normalized spacial score (nSPS) is 16.1. The first-order valence-electron chi connectivity index (χ1n) is 6.27. The Morgan fingerprint density at radius 2 is 2.17 bits per heavy atom. The van der Waals surface area contributed by atoms with Crippen molar-refractivity contribution in [3.63, 3.8) is 0 Å². The number of benzene rings is 1. The smallest absolute Gasteiger partial charge is 0.220 e. The number of carbonyl (C=O) groups excluding carboxylic acids is 1. The van der Waals surface area contributed by atoms with Crippen molar-refractivity contribution in [3.8, 4) is 5.75 Å². The fourth-order valence-corrected chi connectivity index (χ4v) is 2.20. The molecule has 0 radical (unpaired) electrons. The number of nitrogens with one attached hydrogen (secondary N) is 1. The van der Waals surface area contributed by atoms with Gasteiger partial charge < -0.3 is 15.2 Å². The summed E-state index contributed by atoms with van der Waals surface area (Å²) in [6.07, 6.45) is 2.76. The van der Waals surface area contributed by atoms with E-state index in [1.807, 2.05) is 24.3 Å². The molecule has 1 saturated carbocycles. The Morgan fingerprint density at radius 3 is 2.78 bits per heavy atom. The van der Waals surface area contributed by atoms with Crippen LogP contribution in [0.15, 0.2) is 24.3 Å². The van der Waals surface area contributed by atoms with Crippen LogP contribution in [0.3, 0.4) is 0 Å². The van der Waals surface area contributed by atoms with Crippen molar-refractivity contribution < 1.29 is 14.6 Å². The van der Waals surface area contributed by atoms with Gasteiger partial charge in [-0.25, -0.2) is 0 Å². The number of amides is 1. The van der Waals surface area contributed by atoms with E-state index in [0.717, 1.165) is 24.2 Å². The molecule has 0 heterocycles. The predicted octanol–water partition coefficient (Wildman–Crippen LogP) is 1.57. The highest BCUT2D eigenvalue weighted by Gasteiger charge is 2.47. The Labute approximate surface area is 107 Å². The lowest BCUT2D eigenvalue weighted by atomic mass is 10.0. The molecule has 0 bridgehead atoms. The van der Waals surface area contributed by atoms with E-state index in [1.54, 1.807) is 7.11 Å². The number of rotatable bonds is 6. The summed E-state index contributed by atoms with van der Waals surface area (Å²) in [4.78, 5) is 11.8. The summed E-state index contributed by atoms with van der Waals surface area (Å²) in [5, 5.41) is 11.8. The highest BCUT2D eigenvalue weighted by atomic mass is 16.5. The summed E-state index contributed by atoms with van der Waals surface area (Å²) < 4.78 is 5.34. The summed E-state index contributed by atoms with van der Waals surface area (Å²) >= 11 is 0. The van der Waals surface area contributed by atoms with Gasteiger partial charge in [0.25, 0.3) is 0 Å². The largest absolute Gasteiger partial charge is 0.496 e. The average molecular weight is 249 g/mol. The second-order valence-corrected chi connectivity index (χ2v) is 4.66. The molecule has 1 aliphatic rings. The molecule has 0 aliphatic heterocycles. The van der Waals surface area contributed by atoms with Crippen LogP contribution in [0.25, 0.3) is 0 Å². The average Bonchev–Trinajstić information content (AvgIpc) is 3.17. The van der Waals surface area contributed by atoms with Gasteiger partial charge in [0.15, 0.2) is 0 Å². The molecule has 0 spiro atoms. The summed E-state index contributed by atoms with van der Waals surface area (Å²) in [7, 11) is 1.64. The van der Waals surface area contributed by atoms with Gasteiger partial charge >= 0.3 is 0 Å². The van der Waals surface area contributed by atoms with Crippen molar-refractivity contribution in [1.29, 1.82) is 0 Å². The zero-order valence-electron chi connectivity index (χ0n) is 10.6. The quantitative estimate of drug-likeness (QED) is 0.804. The number of aliphatic hydroxyl groups excluding tert-OH is 1. The molecule has 1 aromatic carbocycles. The van der Waals surface area contributed by atoms with Gasteiger partial charge in [-0.1, -0.05) is 18.2 Å². The first kappa shape index (κ1) is 12.9. The molecule has 1 amide bonds. The maximum Gasteiger partial charge on any atom is 0.220 e. The molecule has 0 aromatic heterocycles. The van der Waals surface area contributed by atoms with Gasteiger partial charge in [0.1, 0.15) is 5.75 Å². The van der Waals surface area contributed by atoms with E-state index in [1.165, 1.54) is 0 Å². The summed E-state index contributed by atoms with van der Waals surface area (Å²) in [6, 6.07) is 7.79. The third-order valence-corrected chi connectivity index (χ3v) is 3.31. The number of para-hydroxylation sites is 1. The van der Waals surface area contributed by atoms with Crippen molar-refractivity contribution in [1.82, 2.24) is 5.32 Å². The molecule has 4 heteroatoms. The lowest BCUT2D eigenvalue weighted by Crippen LogP contribution is -2.35. The minimum Gasteiger partial charge on any atom is -0.496 e. The number of hydrogen-bond donors (Lipinski definition) is 2. The Hall–Kier alpha value is -1.55. The molecular weight excluding hydrogens is 230 g/mol. The third-order valence-electron chi connectivity index (χ3n) is 3.31. The topological polar surface area (TPSA) is 58.6 Å². The summed E-state index contributed by atoms with van der Waals surface area (Å²) in [6.45, 7) is 0.0507. The fraction of sp³-hybridized carbons (Fsp3) is 0.500. The molecule has 1 aliphatic carbocycles. The van der Waals surface area contributed by atoms with Crippen LogP contribution in [-0.4, -0.2) is 24.7 Å². The second-order valence-electron chi connectivity index (χ2n) is 4.66. The van der Waals surface area contributed by atoms with E-state index in [2.05, 4.69) is 5.32 Å². The van der Waals surface area contributed by atoms with E-state index >= 15 is 0 Å². The first-order valence-corrected chi connectivity index (χ1v) is 6.27. The van der Waals surface area contributed by atoms with Crippen molar-refractivity contribution >= 4 is 5.91 Å². The molecule has 1 aromatic rings. The number of ether oxygens (including phenoxy) is 1. The van der Waals surface area contributed by atoms with E-state index < -0.39 is 0 Å². The Morgan fingerprint density at radius 1 is 1.44 bits per heavy atom. The zero-order chi connectivity index (χ0) is 13.0. The van der Waals surface area contributed by atoms with E-state index in [-0.39, 0.29) is 18.1 Å². The second kappa shape index (κ2) is 5.40. The minimum atomic E-state index is -0.251. The highest BCUT2D eigenvalue weighted by molar-refractivity contribution is 5.77. The van der Waals surface area contributed by atoms with Crippen LogP contribution < -0.4 is 10.1 Å². The molecule has 0 atom stereocenters. The Kier molecular flexibility index (Phi) is 3.87. The van der Waals surface area contributed by atoms with Crippen LogP contribution in [0.5, 0.6) is 5.75 Å². The number of methoxy groups -OCH3 is 1. The molecule has 2 N–H and O–H groups in total.